The molecule has 4 unspecified atom stereocenters. The normalized spacial score (nSPS) is 32.9. The molecule has 2 rings (SSSR count). The molecule has 2 heterocycles. The highest BCUT2D eigenvalue weighted by molar-refractivity contribution is 7.71. The van der Waals surface area contributed by atoms with E-state index in [-0.39, 0.29) is 12.5 Å². The third kappa shape index (κ3) is 2.19. The molecule has 0 aromatic carbocycles. The molecule has 1 saturated heterocycles. The van der Waals surface area contributed by atoms with Gasteiger partial charge in [-0.3, -0.25) is 4.57 Å². The SMILES string of the molecule is CC1C(O)C(CO)OC1n1ccc(N)nc1=S. The van der Waals surface area contributed by atoms with E-state index in [0.29, 0.717) is 10.6 Å². The van der Waals surface area contributed by atoms with Crippen molar-refractivity contribution in [2.24, 2.45) is 5.92 Å². The molecule has 0 bridgehead atoms. The van der Waals surface area contributed by atoms with E-state index >= 15 is 0 Å². The predicted molar refractivity (Wildman–Crippen MR) is 63.6 cm³/mol. The monoisotopic (exact) mass is 257 g/mol. The Morgan fingerprint density at radius 2 is 2.35 bits per heavy atom. The lowest BCUT2D eigenvalue weighted by atomic mass is 10.0. The molecule has 0 amide bonds. The van der Waals surface area contributed by atoms with E-state index in [4.69, 9.17) is 27.8 Å². The van der Waals surface area contributed by atoms with Gasteiger partial charge in [0.1, 0.15) is 18.1 Å². The summed E-state index contributed by atoms with van der Waals surface area (Å²) in [5, 5.41) is 18.9. The van der Waals surface area contributed by atoms with E-state index in [0.717, 1.165) is 0 Å². The Labute approximate surface area is 104 Å². The van der Waals surface area contributed by atoms with Gasteiger partial charge in [-0.25, -0.2) is 4.98 Å². The van der Waals surface area contributed by atoms with Gasteiger partial charge in [-0.15, -0.1) is 0 Å². The number of aromatic nitrogens is 2. The average molecular weight is 257 g/mol. The van der Waals surface area contributed by atoms with E-state index in [1.54, 1.807) is 16.8 Å². The van der Waals surface area contributed by atoms with Gasteiger partial charge in [0, 0.05) is 12.1 Å². The Balaban J connectivity index is 2.32. The van der Waals surface area contributed by atoms with Gasteiger partial charge >= 0.3 is 0 Å². The van der Waals surface area contributed by atoms with Crippen molar-refractivity contribution in [3.05, 3.63) is 17.0 Å². The largest absolute Gasteiger partial charge is 0.394 e. The molecule has 0 spiro atoms. The van der Waals surface area contributed by atoms with Crippen LogP contribution in [-0.2, 0) is 4.74 Å². The van der Waals surface area contributed by atoms with Crippen LogP contribution in [0.3, 0.4) is 0 Å². The van der Waals surface area contributed by atoms with Gasteiger partial charge in [-0.05, 0) is 18.3 Å². The molecule has 0 saturated carbocycles. The lowest BCUT2D eigenvalue weighted by molar-refractivity contribution is -0.0469. The number of aliphatic hydroxyl groups excluding tert-OH is 2. The number of nitrogens with zero attached hydrogens (tertiary/aromatic N) is 2. The second kappa shape index (κ2) is 4.69. The van der Waals surface area contributed by atoms with Crippen LogP contribution < -0.4 is 5.73 Å². The maximum atomic E-state index is 9.86. The van der Waals surface area contributed by atoms with E-state index in [1.165, 1.54) is 0 Å². The van der Waals surface area contributed by atoms with Crippen LogP contribution in [0.1, 0.15) is 13.2 Å². The van der Waals surface area contributed by atoms with Gasteiger partial charge in [0.2, 0.25) is 4.77 Å². The summed E-state index contributed by atoms with van der Waals surface area (Å²) >= 11 is 5.09. The van der Waals surface area contributed by atoms with E-state index in [1.807, 2.05) is 6.92 Å². The maximum absolute atomic E-state index is 9.86. The van der Waals surface area contributed by atoms with E-state index < -0.39 is 18.4 Å². The van der Waals surface area contributed by atoms with E-state index in [2.05, 4.69) is 4.98 Å². The Kier molecular flexibility index (Phi) is 3.43. The zero-order chi connectivity index (χ0) is 12.6. The van der Waals surface area contributed by atoms with Crippen molar-refractivity contribution in [1.82, 2.24) is 9.55 Å². The number of rotatable bonds is 2. The molecule has 0 aliphatic carbocycles. The Hall–Kier alpha value is -1.02. The minimum absolute atomic E-state index is 0.177. The van der Waals surface area contributed by atoms with Crippen LogP contribution in [0.5, 0.6) is 0 Å². The first kappa shape index (κ1) is 12.4. The van der Waals surface area contributed by atoms with Crippen LogP contribution in [0.15, 0.2) is 12.3 Å². The Bertz CT molecular complexity index is 464. The van der Waals surface area contributed by atoms with Crippen LogP contribution in [0.4, 0.5) is 5.82 Å². The van der Waals surface area contributed by atoms with Gasteiger partial charge in [-0.1, -0.05) is 6.92 Å². The minimum Gasteiger partial charge on any atom is -0.394 e. The second-order valence-electron chi connectivity index (χ2n) is 4.14. The summed E-state index contributed by atoms with van der Waals surface area (Å²) in [6.45, 7) is 1.61. The third-order valence-corrected chi connectivity index (χ3v) is 3.29. The van der Waals surface area contributed by atoms with Gasteiger partial charge in [0.25, 0.3) is 0 Å². The lowest BCUT2D eigenvalue weighted by Crippen LogP contribution is -2.28. The molecule has 17 heavy (non-hydrogen) atoms. The first-order chi connectivity index (χ1) is 8.04. The zero-order valence-electron chi connectivity index (χ0n) is 9.35. The van der Waals surface area contributed by atoms with Crippen LogP contribution >= 0.6 is 12.2 Å². The number of aliphatic hydroxyl groups is 2. The molecule has 94 valence electrons. The molecule has 7 heteroatoms. The summed E-state index contributed by atoms with van der Waals surface area (Å²) in [7, 11) is 0. The summed E-state index contributed by atoms with van der Waals surface area (Å²) in [6.07, 6.45) is -0.0557. The van der Waals surface area contributed by atoms with Gasteiger partial charge in [-0.2, -0.15) is 0 Å². The van der Waals surface area contributed by atoms with Crippen molar-refractivity contribution in [3.8, 4) is 0 Å². The van der Waals surface area contributed by atoms with Crippen LogP contribution in [0, 0.1) is 10.7 Å². The molecule has 1 aromatic heterocycles. The molecule has 1 fully saturated rings. The fraction of sp³-hybridized carbons (Fsp3) is 0.600. The molecular formula is C10H15N3O3S. The molecule has 6 nitrogen and oxygen atoms in total. The summed E-state index contributed by atoms with van der Waals surface area (Å²) < 4.78 is 7.49. The average Bonchev–Trinajstić information content (AvgIpc) is 2.57. The third-order valence-electron chi connectivity index (χ3n) is 2.99. The molecule has 1 aromatic rings. The van der Waals surface area contributed by atoms with Crippen LogP contribution in [0.2, 0.25) is 0 Å². The number of hydrogen-bond acceptors (Lipinski definition) is 6. The molecule has 1 aliphatic rings. The van der Waals surface area contributed by atoms with Crippen molar-refractivity contribution < 1.29 is 14.9 Å². The first-order valence-electron chi connectivity index (χ1n) is 5.33. The molecule has 0 radical (unpaired) electrons. The number of nitrogen functional groups attached to an aromatic ring is 1. The lowest BCUT2D eigenvalue weighted by Gasteiger charge is -2.18. The van der Waals surface area contributed by atoms with E-state index in [9.17, 15) is 5.11 Å². The van der Waals surface area contributed by atoms with Crippen LogP contribution in [0.25, 0.3) is 0 Å². The van der Waals surface area contributed by atoms with Crippen molar-refractivity contribution >= 4 is 18.0 Å². The van der Waals surface area contributed by atoms with Crippen molar-refractivity contribution in [1.29, 1.82) is 0 Å². The quantitative estimate of drug-likeness (QED) is 0.650. The Morgan fingerprint density at radius 3 is 2.88 bits per heavy atom. The standard InChI is InChI=1S/C10H15N3O3S/c1-5-8(15)6(4-14)16-9(5)13-3-2-7(11)12-10(13)17/h2-3,5-6,8-9,14-15H,4H2,1H3,(H2,11,12,17). The highest BCUT2D eigenvalue weighted by atomic mass is 32.1. The predicted octanol–water partition coefficient (Wildman–Crippen LogP) is 0.0815. The highest BCUT2D eigenvalue weighted by Gasteiger charge is 2.41. The fourth-order valence-corrected chi connectivity index (χ4v) is 2.25. The topological polar surface area (TPSA) is 93.5 Å². The van der Waals surface area contributed by atoms with Crippen molar-refractivity contribution in [2.75, 3.05) is 12.3 Å². The number of anilines is 1. The van der Waals surface area contributed by atoms with Gasteiger partial charge < -0.3 is 20.7 Å². The summed E-state index contributed by atoms with van der Waals surface area (Å²) in [5.74, 6) is 0.167. The molecule has 4 atom stereocenters. The number of hydrogen-bond donors (Lipinski definition) is 3. The maximum Gasteiger partial charge on any atom is 0.203 e. The smallest absolute Gasteiger partial charge is 0.203 e. The number of ether oxygens (including phenoxy) is 1. The van der Waals surface area contributed by atoms with Gasteiger partial charge in [0.15, 0.2) is 0 Å². The highest BCUT2D eigenvalue weighted by Crippen LogP contribution is 2.34. The van der Waals surface area contributed by atoms with Crippen LogP contribution in [-0.4, -0.2) is 38.6 Å². The first-order valence-corrected chi connectivity index (χ1v) is 5.74. The second-order valence-corrected chi connectivity index (χ2v) is 4.50. The molecule has 4 N–H and O–H groups in total. The van der Waals surface area contributed by atoms with Gasteiger partial charge in [0.05, 0.1) is 12.7 Å². The fourth-order valence-electron chi connectivity index (χ4n) is 1.98. The molecule has 1 aliphatic heterocycles. The summed E-state index contributed by atoms with van der Waals surface area (Å²) in [6, 6.07) is 1.62. The Morgan fingerprint density at radius 1 is 1.65 bits per heavy atom. The summed E-state index contributed by atoms with van der Waals surface area (Å²) in [4.78, 5) is 3.96. The van der Waals surface area contributed by atoms with Crippen molar-refractivity contribution in [2.45, 2.75) is 25.4 Å². The number of nitrogens with two attached hydrogens (primary N) is 1. The zero-order valence-corrected chi connectivity index (χ0v) is 10.2. The summed E-state index contributed by atoms with van der Waals surface area (Å²) in [5.41, 5.74) is 5.52. The molecular weight excluding hydrogens is 242 g/mol. The van der Waals surface area contributed by atoms with Crippen molar-refractivity contribution in [3.63, 3.8) is 0 Å². The minimum atomic E-state index is -0.718.